The molecule has 20 heavy (non-hydrogen) atoms. The normalized spacial score (nSPS) is 11.1. The number of halogens is 3. The third kappa shape index (κ3) is 3.56. The first kappa shape index (κ1) is 14.9. The van der Waals surface area contributed by atoms with E-state index in [2.05, 4.69) is 5.32 Å². The van der Waals surface area contributed by atoms with Crippen molar-refractivity contribution in [2.24, 2.45) is 0 Å². The smallest absolute Gasteiger partial charge is 0.159 e. The van der Waals surface area contributed by atoms with Crippen LogP contribution < -0.4 is 5.32 Å². The molecule has 0 saturated heterocycles. The molecular formula is C16H16ClF2N. The average Bonchev–Trinajstić information content (AvgIpc) is 2.40. The molecule has 0 aliphatic carbocycles. The molecule has 2 rings (SSSR count). The molecule has 0 saturated carbocycles. The van der Waals surface area contributed by atoms with E-state index in [1.54, 1.807) is 12.1 Å². The van der Waals surface area contributed by atoms with Gasteiger partial charge in [-0.25, -0.2) is 8.78 Å². The number of hydrogen-bond donors (Lipinski definition) is 1. The van der Waals surface area contributed by atoms with Gasteiger partial charge in [0.05, 0.1) is 0 Å². The number of rotatable bonds is 4. The molecule has 2 aromatic rings. The van der Waals surface area contributed by atoms with E-state index in [-0.39, 0.29) is 0 Å². The largest absolute Gasteiger partial charge is 0.310 e. The third-order valence-electron chi connectivity index (χ3n) is 3.00. The van der Waals surface area contributed by atoms with Crippen LogP contribution in [0.2, 0.25) is 5.02 Å². The van der Waals surface area contributed by atoms with Gasteiger partial charge in [-0.1, -0.05) is 37.6 Å². The molecule has 1 nitrogen and oxygen atoms in total. The van der Waals surface area contributed by atoms with Gasteiger partial charge < -0.3 is 5.32 Å². The second kappa shape index (κ2) is 6.33. The molecule has 0 aromatic heterocycles. The van der Waals surface area contributed by atoms with Gasteiger partial charge in [0.1, 0.15) is 0 Å². The zero-order chi connectivity index (χ0) is 14.7. The molecule has 2 aromatic carbocycles. The van der Waals surface area contributed by atoms with Crippen LogP contribution in [0.15, 0.2) is 36.4 Å². The van der Waals surface area contributed by atoms with Gasteiger partial charge in [0.25, 0.3) is 0 Å². The molecule has 0 atom stereocenters. The maximum absolute atomic E-state index is 13.4. The minimum Gasteiger partial charge on any atom is -0.310 e. The van der Waals surface area contributed by atoms with Crippen LogP contribution in [0.1, 0.15) is 19.4 Å². The summed E-state index contributed by atoms with van der Waals surface area (Å²) < 4.78 is 26.4. The summed E-state index contributed by atoms with van der Waals surface area (Å²) >= 11 is 6.01. The fourth-order valence-corrected chi connectivity index (χ4v) is 2.16. The highest BCUT2D eigenvalue weighted by atomic mass is 35.5. The Morgan fingerprint density at radius 3 is 2.45 bits per heavy atom. The fraction of sp³-hybridized carbons (Fsp3) is 0.250. The van der Waals surface area contributed by atoms with E-state index in [1.807, 2.05) is 26.0 Å². The topological polar surface area (TPSA) is 12.0 Å². The molecule has 0 fully saturated rings. The summed E-state index contributed by atoms with van der Waals surface area (Å²) in [5.41, 5.74) is 2.44. The molecule has 106 valence electrons. The molecule has 0 aliphatic heterocycles. The SMILES string of the molecule is CC(C)NCc1cc(Cl)ccc1-c1ccc(F)c(F)c1. The van der Waals surface area contributed by atoms with E-state index in [1.165, 1.54) is 6.07 Å². The Balaban J connectivity index is 2.41. The van der Waals surface area contributed by atoms with Crippen LogP contribution in [0.25, 0.3) is 11.1 Å². The van der Waals surface area contributed by atoms with Crippen LogP contribution in [-0.4, -0.2) is 6.04 Å². The molecule has 0 bridgehead atoms. The monoisotopic (exact) mass is 295 g/mol. The first-order chi connectivity index (χ1) is 9.47. The molecule has 0 aliphatic rings. The number of hydrogen-bond acceptors (Lipinski definition) is 1. The van der Waals surface area contributed by atoms with Crippen LogP contribution in [0, 0.1) is 11.6 Å². The Bertz CT molecular complexity index is 611. The van der Waals surface area contributed by atoms with Crippen molar-refractivity contribution >= 4 is 11.6 Å². The van der Waals surface area contributed by atoms with E-state index in [4.69, 9.17) is 11.6 Å². The van der Waals surface area contributed by atoms with Gasteiger partial charge in [0, 0.05) is 17.6 Å². The summed E-state index contributed by atoms with van der Waals surface area (Å²) in [6.45, 7) is 4.70. The summed E-state index contributed by atoms with van der Waals surface area (Å²) in [5.74, 6) is -1.69. The third-order valence-corrected chi connectivity index (χ3v) is 3.23. The Labute approximate surface area is 122 Å². The highest BCUT2D eigenvalue weighted by Crippen LogP contribution is 2.27. The van der Waals surface area contributed by atoms with E-state index in [0.29, 0.717) is 23.2 Å². The summed E-state index contributed by atoms with van der Waals surface area (Å²) in [6.07, 6.45) is 0. The summed E-state index contributed by atoms with van der Waals surface area (Å²) in [7, 11) is 0. The lowest BCUT2D eigenvalue weighted by Crippen LogP contribution is -2.22. The van der Waals surface area contributed by atoms with Gasteiger partial charge in [0.15, 0.2) is 11.6 Å². The molecule has 0 radical (unpaired) electrons. The standard InChI is InChI=1S/C16H16ClF2N/c1-10(2)20-9-12-7-13(17)4-5-14(12)11-3-6-15(18)16(19)8-11/h3-8,10,20H,9H2,1-2H3. The fourth-order valence-electron chi connectivity index (χ4n) is 1.97. The van der Waals surface area contributed by atoms with Crippen molar-refractivity contribution in [3.63, 3.8) is 0 Å². The Morgan fingerprint density at radius 1 is 1.05 bits per heavy atom. The zero-order valence-electron chi connectivity index (χ0n) is 11.4. The minimum atomic E-state index is -0.847. The first-order valence-electron chi connectivity index (χ1n) is 6.44. The van der Waals surface area contributed by atoms with E-state index >= 15 is 0 Å². The lowest BCUT2D eigenvalue weighted by Gasteiger charge is -2.13. The van der Waals surface area contributed by atoms with Crippen molar-refractivity contribution in [1.29, 1.82) is 0 Å². The van der Waals surface area contributed by atoms with Gasteiger partial charge in [0.2, 0.25) is 0 Å². The van der Waals surface area contributed by atoms with Gasteiger partial charge in [-0.3, -0.25) is 0 Å². The van der Waals surface area contributed by atoms with Crippen LogP contribution in [-0.2, 0) is 6.54 Å². The van der Waals surface area contributed by atoms with Gasteiger partial charge >= 0.3 is 0 Å². The summed E-state index contributed by atoms with van der Waals surface area (Å²) in [6, 6.07) is 9.65. The van der Waals surface area contributed by atoms with Crippen LogP contribution in [0.4, 0.5) is 8.78 Å². The molecular weight excluding hydrogens is 280 g/mol. The Morgan fingerprint density at radius 2 is 1.80 bits per heavy atom. The second-order valence-electron chi connectivity index (χ2n) is 4.97. The van der Waals surface area contributed by atoms with Crippen LogP contribution >= 0.6 is 11.6 Å². The molecule has 1 N–H and O–H groups in total. The lowest BCUT2D eigenvalue weighted by molar-refractivity contribution is 0.509. The molecule has 0 spiro atoms. The molecule has 4 heteroatoms. The maximum atomic E-state index is 13.4. The predicted molar refractivity (Wildman–Crippen MR) is 78.8 cm³/mol. The average molecular weight is 296 g/mol. The van der Waals surface area contributed by atoms with E-state index in [0.717, 1.165) is 17.2 Å². The van der Waals surface area contributed by atoms with Crippen molar-refractivity contribution in [2.45, 2.75) is 26.4 Å². The van der Waals surface area contributed by atoms with E-state index in [9.17, 15) is 8.78 Å². The Hall–Kier alpha value is -1.45. The minimum absolute atomic E-state index is 0.326. The predicted octanol–water partition coefficient (Wildman–Crippen LogP) is 4.78. The van der Waals surface area contributed by atoms with Crippen LogP contribution in [0.5, 0.6) is 0 Å². The number of benzene rings is 2. The van der Waals surface area contributed by atoms with Crippen molar-refractivity contribution in [3.05, 3.63) is 58.6 Å². The highest BCUT2D eigenvalue weighted by Gasteiger charge is 2.09. The molecule has 0 unspecified atom stereocenters. The first-order valence-corrected chi connectivity index (χ1v) is 6.82. The van der Waals surface area contributed by atoms with Gasteiger partial charge in [-0.05, 0) is 41.0 Å². The second-order valence-corrected chi connectivity index (χ2v) is 5.40. The molecule has 0 heterocycles. The van der Waals surface area contributed by atoms with Crippen LogP contribution in [0.3, 0.4) is 0 Å². The number of nitrogens with one attached hydrogen (secondary N) is 1. The van der Waals surface area contributed by atoms with Gasteiger partial charge in [-0.15, -0.1) is 0 Å². The summed E-state index contributed by atoms with van der Waals surface area (Å²) in [4.78, 5) is 0. The van der Waals surface area contributed by atoms with E-state index < -0.39 is 11.6 Å². The van der Waals surface area contributed by atoms with Gasteiger partial charge in [-0.2, -0.15) is 0 Å². The van der Waals surface area contributed by atoms with Crippen molar-refractivity contribution in [3.8, 4) is 11.1 Å². The van der Waals surface area contributed by atoms with Crippen molar-refractivity contribution in [2.75, 3.05) is 0 Å². The molecule has 0 amide bonds. The maximum Gasteiger partial charge on any atom is 0.159 e. The van der Waals surface area contributed by atoms with Crippen molar-refractivity contribution in [1.82, 2.24) is 5.32 Å². The summed E-state index contributed by atoms with van der Waals surface area (Å²) in [5, 5.41) is 3.92. The van der Waals surface area contributed by atoms with Crippen molar-refractivity contribution < 1.29 is 8.78 Å². The zero-order valence-corrected chi connectivity index (χ0v) is 12.1. The quantitative estimate of drug-likeness (QED) is 0.855. The Kier molecular flexibility index (Phi) is 4.73. The lowest BCUT2D eigenvalue weighted by atomic mass is 9.99. The highest BCUT2D eigenvalue weighted by molar-refractivity contribution is 6.30.